The first-order chi connectivity index (χ1) is 12.8. The summed E-state index contributed by atoms with van der Waals surface area (Å²) in [6.45, 7) is 8.63. The van der Waals surface area contributed by atoms with Gasteiger partial charge >= 0.3 is 11.9 Å². The van der Waals surface area contributed by atoms with E-state index in [1.54, 1.807) is 12.2 Å². The Balaban J connectivity index is 2.55. The third kappa shape index (κ3) is 4.43. The van der Waals surface area contributed by atoms with Crippen molar-refractivity contribution in [2.45, 2.75) is 38.1 Å². The maximum atomic E-state index is 12.1. The Hall–Kier alpha value is -2.51. The molecule has 1 N–H and O–H groups in total. The quantitative estimate of drug-likeness (QED) is 0.335. The number of aldehydes is 1. The first-order valence-corrected chi connectivity index (χ1v) is 8.58. The van der Waals surface area contributed by atoms with Crippen molar-refractivity contribution in [1.29, 1.82) is 0 Å². The topological polar surface area (TPSA) is 99.1 Å². The predicted molar refractivity (Wildman–Crippen MR) is 96.6 cm³/mol. The normalized spacial score (nSPS) is 28.4. The number of carbonyl (C=O) groups is 3. The number of methoxy groups -OCH3 is 1. The van der Waals surface area contributed by atoms with Crippen molar-refractivity contribution < 1.29 is 33.7 Å². The molecule has 27 heavy (non-hydrogen) atoms. The zero-order chi connectivity index (χ0) is 20.1. The Morgan fingerprint density at radius 3 is 2.74 bits per heavy atom. The van der Waals surface area contributed by atoms with E-state index in [1.165, 1.54) is 14.0 Å². The van der Waals surface area contributed by atoms with Gasteiger partial charge in [0.05, 0.1) is 12.5 Å². The fourth-order valence-electron chi connectivity index (χ4n) is 3.23. The molecule has 7 nitrogen and oxygen atoms in total. The standard InChI is InChI=1S/C20H24O7/c1-11(2)19(23)27-17-14(10-22)7-5-6-13(9-21)8-15-16(18(17)25-4)12(3)20(24)26-15/h7-8,10,15-18,21H,1,3,5-6,9H2,2,4H3. The first-order valence-electron chi connectivity index (χ1n) is 8.58. The highest BCUT2D eigenvalue weighted by Crippen LogP contribution is 2.37. The number of aliphatic hydroxyl groups excluding tert-OH is 1. The second kappa shape index (κ2) is 8.92. The lowest BCUT2D eigenvalue weighted by Gasteiger charge is -2.32. The fourth-order valence-corrected chi connectivity index (χ4v) is 3.23. The van der Waals surface area contributed by atoms with Crippen LogP contribution in [0.3, 0.4) is 0 Å². The van der Waals surface area contributed by atoms with E-state index >= 15 is 0 Å². The molecule has 7 heteroatoms. The molecule has 1 aliphatic heterocycles. The van der Waals surface area contributed by atoms with Gasteiger partial charge in [0, 0.05) is 23.8 Å². The van der Waals surface area contributed by atoms with Crippen LogP contribution < -0.4 is 0 Å². The second-order valence-corrected chi connectivity index (χ2v) is 6.57. The zero-order valence-electron chi connectivity index (χ0n) is 15.5. The van der Waals surface area contributed by atoms with Crippen LogP contribution in [0, 0.1) is 5.92 Å². The number of esters is 2. The zero-order valence-corrected chi connectivity index (χ0v) is 15.5. The van der Waals surface area contributed by atoms with E-state index in [2.05, 4.69) is 13.2 Å². The molecule has 0 saturated carbocycles. The highest BCUT2D eigenvalue weighted by molar-refractivity contribution is 5.91. The minimum absolute atomic E-state index is 0.155. The van der Waals surface area contributed by atoms with Crippen molar-refractivity contribution in [2.24, 2.45) is 5.92 Å². The SMILES string of the molecule is C=C(C)C(=O)OC1C(C=O)=CCCC(CO)=CC2OC(=O)C(=C)C2C1OC. The first kappa shape index (κ1) is 20.8. The summed E-state index contributed by atoms with van der Waals surface area (Å²) < 4.78 is 16.4. The average Bonchev–Trinajstić information content (AvgIpc) is 2.91. The molecule has 1 fully saturated rings. The molecule has 4 unspecified atom stereocenters. The molecule has 1 heterocycles. The predicted octanol–water partition coefficient (Wildman–Crippen LogP) is 1.42. The van der Waals surface area contributed by atoms with E-state index < -0.39 is 36.2 Å². The van der Waals surface area contributed by atoms with Gasteiger partial charge in [-0.1, -0.05) is 19.2 Å². The summed E-state index contributed by atoms with van der Waals surface area (Å²) in [7, 11) is 1.39. The van der Waals surface area contributed by atoms with Gasteiger partial charge in [0.15, 0.2) is 6.10 Å². The van der Waals surface area contributed by atoms with E-state index in [0.29, 0.717) is 24.7 Å². The average molecular weight is 376 g/mol. The van der Waals surface area contributed by atoms with Gasteiger partial charge in [-0.2, -0.15) is 0 Å². The number of ether oxygens (including phenoxy) is 3. The van der Waals surface area contributed by atoms with Crippen molar-refractivity contribution in [3.63, 3.8) is 0 Å². The van der Waals surface area contributed by atoms with Crippen LogP contribution in [0.5, 0.6) is 0 Å². The van der Waals surface area contributed by atoms with Gasteiger partial charge in [-0.25, -0.2) is 9.59 Å². The summed E-state index contributed by atoms with van der Waals surface area (Å²) in [6.07, 6.45) is 2.12. The van der Waals surface area contributed by atoms with E-state index in [0.717, 1.165) is 0 Å². The Kier molecular flexibility index (Phi) is 6.87. The minimum Gasteiger partial charge on any atom is -0.454 e. The maximum Gasteiger partial charge on any atom is 0.334 e. The number of carbonyl (C=O) groups excluding carboxylic acids is 3. The van der Waals surface area contributed by atoms with Crippen LogP contribution in [0.15, 0.2) is 47.6 Å². The number of hydrogen-bond donors (Lipinski definition) is 1. The van der Waals surface area contributed by atoms with E-state index in [-0.39, 0.29) is 23.3 Å². The molecule has 0 bridgehead atoms. The lowest BCUT2D eigenvalue weighted by molar-refractivity contribution is -0.152. The molecule has 0 aromatic rings. The van der Waals surface area contributed by atoms with Crippen LogP contribution in [0.1, 0.15) is 19.8 Å². The molecular weight excluding hydrogens is 352 g/mol. The van der Waals surface area contributed by atoms with Gasteiger partial charge in [-0.3, -0.25) is 4.79 Å². The minimum atomic E-state index is -1.06. The van der Waals surface area contributed by atoms with Gasteiger partial charge in [0.1, 0.15) is 18.5 Å². The monoisotopic (exact) mass is 376 g/mol. The van der Waals surface area contributed by atoms with Gasteiger partial charge in [-0.05, 0) is 31.4 Å². The molecule has 0 amide bonds. The Morgan fingerprint density at radius 2 is 2.19 bits per heavy atom. The summed E-state index contributed by atoms with van der Waals surface area (Å²) in [4.78, 5) is 36.0. The number of allylic oxidation sites excluding steroid dienone is 1. The van der Waals surface area contributed by atoms with Crippen molar-refractivity contribution in [3.05, 3.63) is 47.6 Å². The summed E-state index contributed by atoms with van der Waals surface area (Å²) >= 11 is 0. The summed E-state index contributed by atoms with van der Waals surface area (Å²) in [5.74, 6) is -1.96. The number of fused-ring (bicyclic) bond motifs is 1. The molecule has 0 radical (unpaired) electrons. The Bertz CT molecular complexity index is 716. The highest BCUT2D eigenvalue weighted by Gasteiger charge is 2.47. The second-order valence-electron chi connectivity index (χ2n) is 6.57. The van der Waals surface area contributed by atoms with Gasteiger partial charge < -0.3 is 19.3 Å². The largest absolute Gasteiger partial charge is 0.454 e. The lowest BCUT2D eigenvalue weighted by Crippen LogP contribution is -2.43. The molecular formula is C20H24O7. The van der Waals surface area contributed by atoms with E-state index in [1.807, 2.05) is 0 Å². The maximum absolute atomic E-state index is 12.1. The molecule has 0 aromatic carbocycles. The third-order valence-corrected chi connectivity index (χ3v) is 4.68. The van der Waals surface area contributed by atoms with Crippen LogP contribution in [0.4, 0.5) is 0 Å². The number of rotatable bonds is 5. The molecule has 2 rings (SSSR count). The van der Waals surface area contributed by atoms with E-state index in [4.69, 9.17) is 14.2 Å². The van der Waals surface area contributed by atoms with Crippen LogP contribution in [0.25, 0.3) is 0 Å². The van der Waals surface area contributed by atoms with Crippen LogP contribution in [-0.4, -0.2) is 55.4 Å². The Morgan fingerprint density at radius 1 is 1.48 bits per heavy atom. The summed E-state index contributed by atoms with van der Waals surface area (Å²) in [6, 6.07) is 0. The van der Waals surface area contributed by atoms with Crippen LogP contribution in [-0.2, 0) is 28.6 Å². The van der Waals surface area contributed by atoms with Crippen molar-refractivity contribution in [2.75, 3.05) is 13.7 Å². The number of hydrogen-bond acceptors (Lipinski definition) is 7. The molecule has 0 spiro atoms. The number of aliphatic hydroxyl groups is 1. The van der Waals surface area contributed by atoms with Gasteiger partial charge in [0.25, 0.3) is 0 Å². The molecule has 4 atom stereocenters. The fraction of sp³-hybridized carbons (Fsp3) is 0.450. The van der Waals surface area contributed by atoms with Crippen LogP contribution in [0.2, 0.25) is 0 Å². The van der Waals surface area contributed by atoms with Gasteiger partial charge in [0.2, 0.25) is 0 Å². The third-order valence-electron chi connectivity index (χ3n) is 4.68. The van der Waals surface area contributed by atoms with Crippen LogP contribution >= 0.6 is 0 Å². The van der Waals surface area contributed by atoms with E-state index in [9.17, 15) is 19.5 Å². The van der Waals surface area contributed by atoms with Crippen molar-refractivity contribution in [3.8, 4) is 0 Å². The molecule has 1 aliphatic carbocycles. The summed E-state index contributed by atoms with van der Waals surface area (Å²) in [5, 5.41) is 9.57. The lowest BCUT2D eigenvalue weighted by atomic mass is 9.83. The summed E-state index contributed by atoms with van der Waals surface area (Å²) in [5.41, 5.74) is 1.20. The molecule has 2 aliphatic rings. The van der Waals surface area contributed by atoms with Crippen molar-refractivity contribution in [1.82, 2.24) is 0 Å². The molecule has 0 aromatic heterocycles. The molecule has 146 valence electrons. The van der Waals surface area contributed by atoms with Crippen molar-refractivity contribution >= 4 is 18.2 Å². The van der Waals surface area contributed by atoms with Gasteiger partial charge in [-0.15, -0.1) is 0 Å². The Labute approximate surface area is 158 Å². The smallest absolute Gasteiger partial charge is 0.334 e. The molecule has 1 saturated heterocycles. The highest BCUT2D eigenvalue weighted by atomic mass is 16.6.